The van der Waals surface area contributed by atoms with Gasteiger partial charge in [0.05, 0.1) is 0 Å². The van der Waals surface area contributed by atoms with Crippen LogP contribution >= 0.6 is 11.6 Å². The van der Waals surface area contributed by atoms with Gasteiger partial charge in [0.1, 0.15) is 0 Å². The predicted molar refractivity (Wildman–Crippen MR) is 37.7 cm³/mol. The fraction of sp³-hybridized carbons (Fsp3) is 0.600. The number of rotatable bonds is 3. The molecule has 0 heterocycles. The molecule has 0 bridgehead atoms. The van der Waals surface area contributed by atoms with Crippen molar-refractivity contribution in [2.75, 3.05) is 5.88 Å². The van der Waals surface area contributed by atoms with E-state index in [0.717, 1.165) is 0 Å². The molecule has 5 heteroatoms. The van der Waals surface area contributed by atoms with Crippen LogP contribution in [-0.4, -0.2) is 17.8 Å². The monoisotopic (exact) mass is 164 g/mol. The molecular formula is C5H9ClN2O2. The molecule has 0 saturated heterocycles. The van der Waals surface area contributed by atoms with Crippen LogP contribution < -0.4 is 11.1 Å². The molecule has 0 aliphatic rings. The Hall–Kier alpha value is -0.770. The topological polar surface area (TPSA) is 72.2 Å². The van der Waals surface area contributed by atoms with Crippen molar-refractivity contribution >= 4 is 23.5 Å². The zero-order valence-corrected chi connectivity index (χ0v) is 6.15. The maximum Gasteiger partial charge on any atom is 0.318 e. The molecule has 4 nitrogen and oxygen atoms in total. The van der Waals surface area contributed by atoms with Crippen molar-refractivity contribution in [1.82, 2.24) is 5.32 Å². The van der Waals surface area contributed by atoms with Gasteiger partial charge in [-0.05, 0) is 6.42 Å². The first-order chi connectivity index (χ1) is 4.66. The number of nitrogens with two attached hydrogens (primary N) is 1. The largest absolute Gasteiger partial charge is 0.351 e. The first kappa shape index (κ1) is 9.23. The number of alkyl halides is 1. The molecule has 0 aliphatic heterocycles. The van der Waals surface area contributed by atoms with Gasteiger partial charge in [-0.15, -0.1) is 11.6 Å². The number of primary amides is 1. The highest BCUT2D eigenvalue weighted by Crippen LogP contribution is 1.90. The predicted octanol–water partition coefficient (Wildman–Crippen LogP) is 0.200. The summed E-state index contributed by atoms with van der Waals surface area (Å²) < 4.78 is 0. The van der Waals surface area contributed by atoms with Crippen LogP contribution in [0.5, 0.6) is 0 Å². The third-order valence-electron chi connectivity index (χ3n) is 0.800. The van der Waals surface area contributed by atoms with E-state index >= 15 is 0 Å². The minimum absolute atomic E-state index is 0.242. The summed E-state index contributed by atoms with van der Waals surface area (Å²) >= 11 is 5.29. The lowest BCUT2D eigenvalue weighted by Gasteiger charge is -1.96. The number of urea groups is 1. The summed E-state index contributed by atoms with van der Waals surface area (Å²) in [6.07, 6.45) is 0.799. The second kappa shape index (κ2) is 5.05. The van der Waals surface area contributed by atoms with Gasteiger partial charge in [0.15, 0.2) is 0 Å². The molecule has 3 amide bonds. The van der Waals surface area contributed by atoms with Crippen LogP contribution in [0, 0.1) is 0 Å². The Labute approximate surface area is 63.7 Å². The number of carbonyl (C=O) groups excluding carboxylic acids is 2. The lowest BCUT2D eigenvalue weighted by molar-refractivity contribution is -0.119. The molecule has 10 heavy (non-hydrogen) atoms. The Morgan fingerprint density at radius 2 is 2.10 bits per heavy atom. The third-order valence-corrected chi connectivity index (χ3v) is 1.07. The summed E-state index contributed by atoms with van der Waals surface area (Å²) in [5.41, 5.74) is 4.66. The van der Waals surface area contributed by atoms with Crippen molar-refractivity contribution in [2.45, 2.75) is 12.8 Å². The van der Waals surface area contributed by atoms with Crippen LogP contribution in [0.3, 0.4) is 0 Å². The van der Waals surface area contributed by atoms with E-state index in [4.69, 9.17) is 11.6 Å². The third kappa shape index (κ3) is 5.37. The van der Waals surface area contributed by atoms with Gasteiger partial charge in [-0.1, -0.05) is 0 Å². The average Bonchev–Trinajstić information content (AvgIpc) is 1.82. The van der Waals surface area contributed by atoms with Crippen molar-refractivity contribution in [1.29, 1.82) is 0 Å². The molecule has 0 spiro atoms. The van der Waals surface area contributed by atoms with Crippen LogP contribution in [0.2, 0.25) is 0 Å². The maximum atomic E-state index is 10.5. The number of amides is 3. The van der Waals surface area contributed by atoms with E-state index in [9.17, 15) is 9.59 Å². The number of halogens is 1. The maximum absolute atomic E-state index is 10.5. The minimum Gasteiger partial charge on any atom is -0.351 e. The molecule has 0 aromatic heterocycles. The Bertz CT molecular complexity index is 138. The average molecular weight is 165 g/mol. The van der Waals surface area contributed by atoms with E-state index in [1.165, 1.54) is 0 Å². The van der Waals surface area contributed by atoms with E-state index in [2.05, 4.69) is 5.73 Å². The SMILES string of the molecule is NC(=O)NC(=O)CCCCl. The zero-order valence-electron chi connectivity index (χ0n) is 5.39. The standard InChI is InChI=1S/C5H9ClN2O2/c6-3-1-2-4(9)8-5(7)10/h1-3H2,(H3,7,8,9,10). The molecule has 0 aromatic rings. The highest BCUT2D eigenvalue weighted by molar-refractivity contribution is 6.17. The summed E-state index contributed by atoms with van der Waals surface area (Å²) in [5, 5.41) is 1.92. The van der Waals surface area contributed by atoms with Gasteiger partial charge >= 0.3 is 6.03 Å². The number of nitrogens with one attached hydrogen (secondary N) is 1. The summed E-state index contributed by atoms with van der Waals surface area (Å²) in [6, 6.07) is -0.820. The van der Waals surface area contributed by atoms with E-state index in [0.29, 0.717) is 12.3 Å². The van der Waals surface area contributed by atoms with Crippen molar-refractivity contribution in [2.24, 2.45) is 5.73 Å². The molecule has 0 saturated carbocycles. The van der Waals surface area contributed by atoms with Crippen molar-refractivity contribution < 1.29 is 9.59 Å². The van der Waals surface area contributed by atoms with Gasteiger partial charge in [-0.3, -0.25) is 10.1 Å². The van der Waals surface area contributed by atoms with E-state index in [1.807, 2.05) is 5.32 Å². The quantitative estimate of drug-likeness (QED) is 0.585. The number of carbonyl (C=O) groups is 2. The molecule has 58 valence electrons. The van der Waals surface area contributed by atoms with Gasteiger partial charge in [0.25, 0.3) is 0 Å². The van der Waals surface area contributed by atoms with Crippen LogP contribution in [0.25, 0.3) is 0 Å². The number of hydrogen-bond donors (Lipinski definition) is 2. The number of hydrogen-bond acceptors (Lipinski definition) is 2. The first-order valence-corrected chi connectivity index (χ1v) is 3.35. The Kier molecular flexibility index (Phi) is 4.66. The van der Waals surface area contributed by atoms with Gasteiger partial charge in [0, 0.05) is 12.3 Å². The second-order valence-electron chi connectivity index (χ2n) is 1.70. The summed E-state index contributed by atoms with van der Waals surface area (Å²) in [7, 11) is 0. The highest BCUT2D eigenvalue weighted by Gasteiger charge is 2.01. The number of imide groups is 1. The molecule has 0 fully saturated rings. The Morgan fingerprint density at radius 1 is 1.50 bits per heavy atom. The molecule has 0 aliphatic carbocycles. The van der Waals surface area contributed by atoms with Crippen LogP contribution in [0.15, 0.2) is 0 Å². The molecule has 0 unspecified atom stereocenters. The molecular weight excluding hydrogens is 156 g/mol. The lowest BCUT2D eigenvalue weighted by atomic mass is 10.3. The van der Waals surface area contributed by atoms with Crippen molar-refractivity contribution in [3.8, 4) is 0 Å². The molecule has 0 atom stereocenters. The minimum atomic E-state index is -0.820. The van der Waals surface area contributed by atoms with Crippen LogP contribution in [0.1, 0.15) is 12.8 Å². The van der Waals surface area contributed by atoms with Gasteiger partial charge in [0.2, 0.25) is 5.91 Å². The van der Waals surface area contributed by atoms with E-state index < -0.39 is 6.03 Å². The van der Waals surface area contributed by atoms with Gasteiger partial charge in [-0.2, -0.15) is 0 Å². The Balaban J connectivity index is 3.35. The summed E-state index contributed by atoms with van der Waals surface area (Å²) in [4.78, 5) is 20.6. The molecule has 0 rings (SSSR count). The zero-order chi connectivity index (χ0) is 7.98. The summed E-state index contributed by atoms with van der Waals surface area (Å²) in [5.74, 6) is 0.0276. The smallest absolute Gasteiger partial charge is 0.318 e. The van der Waals surface area contributed by atoms with E-state index in [1.54, 1.807) is 0 Å². The van der Waals surface area contributed by atoms with Crippen LogP contribution in [-0.2, 0) is 4.79 Å². The first-order valence-electron chi connectivity index (χ1n) is 2.82. The second-order valence-corrected chi connectivity index (χ2v) is 2.08. The molecule has 0 aromatic carbocycles. The van der Waals surface area contributed by atoms with Crippen molar-refractivity contribution in [3.63, 3.8) is 0 Å². The highest BCUT2D eigenvalue weighted by atomic mass is 35.5. The van der Waals surface area contributed by atoms with Gasteiger partial charge in [-0.25, -0.2) is 4.79 Å². The van der Waals surface area contributed by atoms with Crippen LogP contribution in [0.4, 0.5) is 4.79 Å². The lowest BCUT2D eigenvalue weighted by Crippen LogP contribution is -2.34. The van der Waals surface area contributed by atoms with Gasteiger partial charge < -0.3 is 5.73 Å². The molecule has 3 N–H and O–H groups in total. The fourth-order valence-electron chi connectivity index (χ4n) is 0.427. The van der Waals surface area contributed by atoms with E-state index in [-0.39, 0.29) is 12.3 Å². The fourth-order valence-corrected chi connectivity index (χ4v) is 0.561. The normalized spacial score (nSPS) is 8.90. The summed E-state index contributed by atoms with van der Waals surface area (Å²) in [6.45, 7) is 0. The van der Waals surface area contributed by atoms with Crippen molar-refractivity contribution in [3.05, 3.63) is 0 Å². The molecule has 0 radical (unpaired) electrons. The Morgan fingerprint density at radius 3 is 2.50 bits per heavy atom.